The molecule has 0 atom stereocenters. The summed E-state index contributed by atoms with van der Waals surface area (Å²) in [5.41, 5.74) is 0. The molecule has 0 aromatic carbocycles. The van der Waals surface area contributed by atoms with Crippen LogP contribution in [0.15, 0.2) is 0 Å². The third kappa shape index (κ3) is 0.595. The second-order valence-electron chi connectivity index (χ2n) is 1.00. The van der Waals surface area contributed by atoms with Gasteiger partial charge in [0.25, 0.3) is 0 Å². The first-order valence-corrected chi connectivity index (χ1v) is 2.69. The van der Waals surface area contributed by atoms with Gasteiger partial charge in [0, 0.05) is 4.57 Å². The fourth-order valence-electron chi connectivity index (χ4n) is 0.250. The highest BCUT2D eigenvalue weighted by Crippen LogP contribution is 2.36. The Hall–Kier alpha value is 0.0849. The van der Waals surface area contributed by atoms with E-state index in [0.29, 0.717) is 0 Å². The van der Waals surface area contributed by atoms with Crippen LogP contribution in [-0.2, 0) is 13.4 Å². The van der Waals surface area contributed by atoms with E-state index >= 15 is 0 Å². The first-order chi connectivity index (χ1) is 2.79. The molecule has 0 radical (unpaired) electrons. The zero-order valence-corrected chi connectivity index (χ0v) is 4.14. The summed E-state index contributed by atoms with van der Waals surface area (Å²) in [5, 5.41) is 0. The Kier molecular flexibility index (Phi) is 0.919. The highest BCUT2D eigenvalue weighted by atomic mass is 31.1. The van der Waals surface area contributed by atoms with Crippen molar-refractivity contribution in [3.05, 3.63) is 0 Å². The van der Waals surface area contributed by atoms with Crippen LogP contribution in [0, 0.1) is 0 Å². The van der Waals surface area contributed by atoms with Crippen LogP contribution in [0.2, 0.25) is 6.82 Å². The van der Waals surface area contributed by atoms with Crippen LogP contribution >= 0.6 is 8.25 Å². The SMILES string of the molecule is CB1O[P+](=O)O1. The average Bonchev–Trinajstić information content (AvgIpc) is 1.33. The first kappa shape index (κ1) is 4.25. The molecule has 0 amide bonds. The van der Waals surface area contributed by atoms with Gasteiger partial charge in [-0.1, -0.05) is 0 Å². The molecule has 0 saturated carbocycles. The second-order valence-corrected chi connectivity index (χ2v) is 1.87. The molecular weight excluding hydrogens is 102 g/mol. The molecular formula is CH3BO3P+. The standard InChI is InChI=1S/CH3BO3P/c1-2-4-6(3)5-2/h1H3/q+1. The van der Waals surface area contributed by atoms with E-state index in [1.54, 1.807) is 6.82 Å². The fraction of sp³-hybridized carbons (Fsp3) is 1.00. The summed E-state index contributed by atoms with van der Waals surface area (Å²) in [5.74, 6) is 0. The predicted molar refractivity (Wildman–Crippen MR) is 21.4 cm³/mol. The molecule has 1 heterocycles. The van der Waals surface area contributed by atoms with E-state index in [9.17, 15) is 4.57 Å². The Labute approximate surface area is 36.7 Å². The predicted octanol–water partition coefficient (Wildman–Crippen LogP) is 0.809. The Morgan fingerprint density at radius 2 is 2.17 bits per heavy atom. The van der Waals surface area contributed by atoms with Gasteiger partial charge in [-0.2, -0.15) is 0 Å². The smallest absolute Gasteiger partial charge is 0.148 e. The molecule has 5 heteroatoms. The van der Waals surface area contributed by atoms with Crippen LogP contribution in [0.5, 0.6) is 0 Å². The van der Waals surface area contributed by atoms with Crippen LogP contribution < -0.4 is 0 Å². The van der Waals surface area contributed by atoms with Crippen molar-refractivity contribution in [2.24, 2.45) is 0 Å². The van der Waals surface area contributed by atoms with Gasteiger partial charge in [-0.15, -0.1) is 8.88 Å². The summed E-state index contributed by atoms with van der Waals surface area (Å²) >= 11 is 0. The third-order valence-electron chi connectivity index (χ3n) is 0.469. The van der Waals surface area contributed by atoms with Crippen molar-refractivity contribution in [3.63, 3.8) is 0 Å². The van der Waals surface area contributed by atoms with Crippen molar-refractivity contribution in [2.45, 2.75) is 6.82 Å². The molecule has 0 unspecified atom stereocenters. The Morgan fingerprint density at radius 3 is 2.17 bits per heavy atom. The van der Waals surface area contributed by atoms with Gasteiger partial charge in [0.05, 0.1) is 0 Å². The summed E-state index contributed by atoms with van der Waals surface area (Å²) < 4.78 is 18.7. The molecule has 0 aliphatic carbocycles. The molecule has 0 bridgehead atoms. The van der Waals surface area contributed by atoms with Gasteiger partial charge in [-0.25, -0.2) is 0 Å². The first-order valence-electron chi connectivity index (χ1n) is 1.60. The van der Waals surface area contributed by atoms with E-state index in [1.165, 1.54) is 0 Å². The van der Waals surface area contributed by atoms with Gasteiger partial charge >= 0.3 is 15.4 Å². The van der Waals surface area contributed by atoms with Crippen LogP contribution in [0.1, 0.15) is 0 Å². The van der Waals surface area contributed by atoms with Gasteiger partial charge in [0.1, 0.15) is 0 Å². The maximum Gasteiger partial charge on any atom is 0.671 e. The molecule has 0 aromatic rings. The van der Waals surface area contributed by atoms with E-state index in [0.717, 1.165) is 0 Å². The minimum Gasteiger partial charge on any atom is -0.148 e. The molecule has 0 aromatic heterocycles. The lowest BCUT2D eigenvalue weighted by Crippen LogP contribution is -2.20. The summed E-state index contributed by atoms with van der Waals surface area (Å²) in [6.07, 6.45) is 0. The van der Waals surface area contributed by atoms with Gasteiger partial charge in [-0.3, -0.25) is 0 Å². The molecule has 1 fully saturated rings. The zero-order valence-electron chi connectivity index (χ0n) is 3.25. The van der Waals surface area contributed by atoms with Crippen molar-refractivity contribution in [1.29, 1.82) is 0 Å². The van der Waals surface area contributed by atoms with E-state index in [1.807, 2.05) is 0 Å². The molecule has 1 aliphatic rings. The molecule has 0 spiro atoms. The highest BCUT2D eigenvalue weighted by Gasteiger charge is 2.46. The third-order valence-corrected chi connectivity index (χ3v) is 1.41. The summed E-state index contributed by atoms with van der Waals surface area (Å²) in [4.78, 5) is 0. The summed E-state index contributed by atoms with van der Waals surface area (Å²) in [6, 6.07) is 0. The topological polar surface area (TPSA) is 35.5 Å². The van der Waals surface area contributed by atoms with Crippen LogP contribution in [0.25, 0.3) is 0 Å². The van der Waals surface area contributed by atoms with Crippen LogP contribution in [-0.4, -0.2) is 7.12 Å². The molecule has 1 aliphatic heterocycles. The minimum atomic E-state index is -1.71. The fourth-order valence-corrected chi connectivity index (χ4v) is 0.751. The number of hydrogen-bond acceptors (Lipinski definition) is 3. The lowest BCUT2D eigenvalue weighted by molar-refractivity contribution is 0.311. The normalized spacial score (nSPS) is 20.8. The van der Waals surface area contributed by atoms with Gasteiger partial charge < -0.3 is 0 Å². The van der Waals surface area contributed by atoms with E-state index in [4.69, 9.17) is 0 Å². The average molecular weight is 105 g/mol. The molecule has 6 heavy (non-hydrogen) atoms. The van der Waals surface area contributed by atoms with Crippen molar-refractivity contribution < 1.29 is 13.4 Å². The maximum atomic E-state index is 9.81. The Balaban J connectivity index is 2.28. The van der Waals surface area contributed by atoms with Crippen molar-refractivity contribution in [3.8, 4) is 0 Å². The molecule has 1 rings (SSSR count). The molecule has 3 nitrogen and oxygen atoms in total. The molecule has 1 saturated heterocycles. The number of rotatable bonds is 0. The minimum absolute atomic E-state index is 0.242. The van der Waals surface area contributed by atoms with Crippen LogP contribution in [0.3, 0.4) is 0 Å². The lowest BCUT2D eigenvalue weighted by Gasteiger charge is -1.97. The van der Waals surface area contributed by atoms with E-state index in [2.05, 4.69) is 8.88 Å². The quantitative estimate of drug-likeness (QED) is 0.337. The monoisotopic (exact) mass is 105 g/mol. The van der Waals surface area contributed by atoms with Gasteiger partial charge in [-0.05, 0) is 6.82 Å². The van der Waals surface area contributed by atoms with Gasteiger partial charge in [0.15, 0.2) is 0 Å². The largest absolute Gasteiger partial charge is 0.671 e. The van der Waals surface area contributed by atoms with Crippen LogP contribution in [0.4, 0.5) is 0 Å². The van der Waals surface area contributed by atoms with E-state index in [-0.39, 0.29) is 7.12 Å². The maximum absolute atomic E-state index is 9.81. The zero-order chi connectivity index (χ0) is 4.57. The highest BCUT2D eigenvalue weighted by molar-refractivity contribution is 7.40. The summed E-state index contributed by atoms with van der Waals surface area (Å²) in [7, 11) is -1.95. The molecule has 32 valence electrons. The van der Waals surface area contributed by atoms with Crippen molar-refractivity contribution >= 4 is 15.4 Å². The van der Waals surface area contributed by atoms with E-state index < -0.39 is 8.25 Å². The molecule has 0 N–H and O–H groups in total. The number of hydrogen-bond donors (Lipinski definition) is 0. The summed E-state index contributed by atoms with van der Waals surface area (Å²) in [6.45, 7) is 1.69. The van der Waals surface area contributed by atoms with Gasteiger partial charge in [0.2, 0.25) is 0 Å². The Morgan fingerprint density at radius 1 is 1.67 bits per heavy atom. The lowest BCUT2D eigenvalue weighted by atomic mass is 9.98. The van der Waals surface area contributed by atoms with Crippen molar-refractivity contribution in [2.75, 3.05) is 0 Å². The second kappa shape index (κ2) is 1.30. The van der Waals surface area contributed by atoms with Crippen molar-refractivity contribution in [1.82, 2.24) is 0 Å². The Bertz CT molecular complexity index is 74.9.